The van der Waals surface area contributed by atoms with E-state index in [4.69, 9.17) is 14.2 Å². The first-order chi connectivity index (χ1) is 11.5. The van der Waals surface area contributed by atoms with Gasteiger partial charge in [-0.2, -0.15) is 0 Å². The maximum absolute atomic E-state index is 11.9. The van der Waals surface area contributed by atoms with Crippen molar-refractivity contribution in [1.82, 2.24) is 0 Å². The fourth-order valence-electron chi connectivity index (χ4n) is 2.32. The molecule has 1 aromatic rings. The summed E-state index contributed by atoms with van der Waals surface area (Å²) >= 11 is 0. The standard InChI is InChI=1S/C19H28O5/c1-5-7-8-14(6-2)13-24-18(20)10-9-15-11-16(22-3)19(21)17(12-15)23-4/h9-12,14,21H,5-8,13H2,1-4H3/b10-9+. The SMILES string of the molecule is CCCCC(CC)COC(=O)/C=C/c1cc(OC)c(O)c(OC)c1. The van der Waals surface area contributed by atoms with Crippen molar-refractivity contribution < 1.29 is 24.1 Å². The third-order valence-corrected chi connectivity index (χ3v) is 3.92. The average Bonchev–Trinajstić information content (AvgIpc) is 2.60. The van der Waals surface area contributed by atoms with Crippen molar-refractivity contribution in [3.63, 3.8) is 0 Å². The van der Waals surface area contributed by atoms with Gasteiger partial charge in [0, 0.05) is 6.08 Å². The topological polar surface area (TPSA) is 65.0 Å². The van der Waals surface area contributed by atoms with E-state index in [1.54, 1.807) is 18.2 Å². The molecule has 24 heavy (non-hydrogen) atoms. The van der Waals surface area contributed by atoms with Crippen LogP contribution in [-0.2, 0) is 9.53 Å². The van der Waals surface area contributed by atoms with Crippen molar-refractivity contribution in [2.24, 2.45) is 5.92 Å². The molecule has 1 N–H and O–H groups in total. The molecule has 134 valence electrons. The zero-order valence-corrected chi connectivity index (χ0v) is 15.0. The van der Waals surface area contributed by atoms with Gasteiger partial charge in [0.25, 0.3) is 0 Å². The number of methoxy groups -OCH3 is 2. The molecule has 0 aliphatic rings. The van der Waals surface area contributed by atoms with Crippen LogP contribution in [0.25, 0.3) is 6.08 Å². The van der Waals surface area contributed by atoms with Crippen LogP contribution in [0.2, 0.25) is 0 Å². The minimum absolute atomic E-state index is 0.0681. The van der Waals surface area contributed by atoms with Gasteiger partial charge in [0.2, 0.25) is 5.75 Å². The molecule has 1 aromatic carbocycles. The van der Waals surface area contributed by atoms with Crippen LogP contribution in [0, 0.1) is 5.92 Å². The summed E-state index contributed by atoms with van der Waals surface area (Å²) in [6, 6.07) is 3.25. The number of esters is 1. The lowest BCUT2D eigenvalue weighted by atomic mass is 10.0. The maximum atomic E-state index is 11.9. The largest absolute Gasteiger partial charge is 0.502 e. The monoisotopic (exact) mass is 336 g/mol. The minimum Gasteiger partial charge on any atom is -0.502 e. The van der Waals surface area contributed by atoms with E-state index >= 15 is 0 Å². The van der Waals surface area contributed by atoms with Crippen LogP contribution >= 0.6 is 0 Å². The van der Waals surface area contributed by atoms with Gasteiger partial charge in [-0.05, 0) is 36.1 Å². The van der Waals surface area contributed by atoms with Gasteiger partial charge >= 0.3 is 5.97 Å². The summed E-state index contributed by atoms with van der Waals surface area (Å²) in [4.78, 5) is 11.9. The second-order valence-corrected chi connectivity index (χ2v) is 5.65. The summed E-state index contributed by atoms with van der Waals surface area (Å²) < 4.78 is 15.5. The number of benzene rings is 1. The molecule has 0 saturated heterocycles. The van der Waals surface area contributed by atoms with Crippen molar-refractivity contribution in [3.05, 3.63) is 23.8 Å². The number of phenolic OH excluding ortho intramolecular Hbond substituents is 1. The van der Waals surface area contributed by atoms with Crippen molar-refractivity contribution in [3.8, 4) is 17.2 Å². The van der Waals surface area contributed by atoms with Gasteiger partial charge in [0.05, 0.1) is 20.8 Å². The van der Waals surface area contributed by atoms with Crippen LogP contribution in [0.3, 0.4) is 0 Å². The number of carbonyl (C=O) groups is 1. The van der Waals surface area contributed by atoms with Gasteiger partial charge in [-0.25, -0.2) is 4.79 Å². The first-order valence-electron chi connectivity index (χ1n) is 8.35. The Bertz CT molecular complexity index is 526. The Labute approximate surface area is 144 Å². The van der Waals surface area contributed by atoms with E-state index in [9.17, 15) is 9.90 Å². The molecule has 5 heteroatoms. The predicted molar refractivity (Wildman–Crippen MR) is 94.5 cm³/mol. The molecule has 0 bridgehead atoms. The Morgan fingerprint density at radius 3 is 2.33 bits per heavy atom. The molecule has 0 aliphatic heterocycles. The van der Waals surface area contributed by atoms with E-state index in [0.29, 0.717) is 18.1 Å². The Hall–Kier alpha value is -2.17. The summed E-state index contributed by atoms with van der Waals surface area (Å²) in [7, 11) is 2.91. The molecule has 1 rings (SSSR count). The lowest BCUT2D eigenvalue weighted by Gasteiger charge is -2.13. The van der Waals surface area contributed by atoms with Crippen molar-refractivity contribution >= 4 is 12.0 Å². The number of aromatic hydroxyl groups is 1. The number of rotatable bonds is 10. The molecule has 1 unspecified atom stereocenters. The van der Waals surface area contributed by atoms with E-state index in [0.717, 1.165) is 25.7 Å². The van der Waals surface area contributed by atoms with E-state index in [-0.39, 0.29) is 23.2 Å². The van der Waals surface area contributed by atoms with Gasteiger partial charge < -0.3 is 19.3 Å². The molecule has 0 aromatic heterocycles. The van der Waals surface area contributed by atoms with Crippen LogP contribution in [0.15, 0.2) is 18.2 Å². The van der Waals surface area contributed by atoms with Crippen molar-refractivity contribution in [2.45, 2.75) is 39.5 Å². The Morgan fingerprint density at radius 1 is 1.21 bits per heavy atom. The molecule has 0 radical (unpaired) electrons. The number of phenols is 1. The quantitative estimate of drug-likeness (QED) is 0.513. The van der Waals surface area contributed by atoms with Crippen LogP contribution in [-0.4, -0.2) is 31.9 Å². The van der Waals surface area contributed by atoms with Crippen LogP contribution in [0.4, 0.5) is 0 Å². The zero-order valence-electron chi connectivity index (χ0n) is 15.0. The first kappa shape index (κ1) is 19.9. The summed E-state index contributed by atoms with van der Waals surface area (Å²) in [5.41, 5.74) is 0.677. The van der Waals surface area contributed by atoms with E-state index < -0.39 is 0 Å². The third-order valence-electron chi connectivity index (χ3n) is 3.92. The fraction of sp³-hybridized carbons (Fsp3) is 0.526. The minimum atomic E-state index is -0.379. The molecule has 0 amide bonds. The highest BCUT2D eigenvalue weighted by atomic mass is 16.5. The average molecular weight is 336 g/mol. The lowest BCUT2D eigenvalue weighted by Crippen LogP contribution is -2.12. The fourth-order valence-corrected chi connectivity index (χ4v) is 2.32. The van der Waals surface area contributed by atoms with Crippen LogP contribution in [0.1, 0.15) is 45.1 Å². The molecule has 0 aliphatic carbocycles. The van der Waals surface area contributed by atoms with Crippen LogP contribution in [0.5, 0.6) is 17.2 Å². The van der Waals surface area contributed by atoms with Gasteiger partial charge in [0.1, 0.15) is 0 Å². The zero-order chi connectivity index (χ0) is 17.9. The van der Waals surface area contributed by atoms with E-state index in [2.05, 4.69) is 13.8 Å². The molecule has 0 saturated carbocycles. The number of ether oxygens (including phenoxy) is 3. The molecule has 1 atom stereocenters. The van der Waals surface area contributed by atoms with Gasteiger partial charge in [-0.15, -0.1) is 0 Å². The predicted octanol–water partition coefficient (Wildman–Crippen LogP) is 4.18. The van der Waals surface area contributed by atoms with Crippen LogP contribution < -0.4 is 9.47 Å². The second-order valence-electron chi connectivity index (χ2n) is 5.65. The molecule has 0 heterocycles. The Balaban J connectivity index is 2.66. The van der Waals surface area contributed by atoms with E-state index in [1.807, 2.05) is 0 Å². The number of hydrogen-bond acceptors (Lipinski definition) is 5. The number of carbonyl (C=O) groups excluding carboxylic acids is 1. The highest BCUT2D eigenvalue weighted by molar-refractivity contribution is 5.87. The van der Waals surface area contributed by atoms with Gasteiger partial charge in [0.15, 0.2) is 11.5 Å². The van der Waals surface area contributed by atoms with Gasteiger partial charge in [-0.1, -0.05) is 33.1 Å². The smallest absolute Gasteiger partial charge is 0.330 e. The summed E-state index contributed by atoms with van der Waals surface area (Å²) in [6.07, 6.45) is 7.37. The Kier molecular flexibility index (Phi) is 8.76. The van der Waals surface area contributed by atoms with Crippen molar-refractivity contribution in [2.75, 3.05) is 20.8 Å². The first-order valence-corrected chi connectivity index (χ1v) is 8.35. The highest BCUT2D eigenvalue weighted by Crippen LogP contribution is 2.37. The molecule has 0 fully saturated rings. The lowest BCUT2D eigenvalue weighted by molar-refractivity contribution is -0.139. The summed E-state index contributed by atoms with van der Waals surface area (Å²) in [6.45, 7) is 4.71. The highest BCUT2D eigenvalue weighted by Gasteiger charge is 2.11. The Morgan fingerprint density at radius 2 is 1.83 bits per heavy atom. The number of unbranched alkanes of at least 4 members (excludes halogenated alkanes) is 1. The molecule has 5 nitrogen and oxygen atoms in total. The third kappa shape index (κ3) is 6.14. The molecule has 0 spiro atoms. The van der Waals surface area contributed by atoms with E-state index in [1.165, 1.54) is 20.3 Å². The van der Waals surface area contributed by atoms with Crippen molar-refractivity contribution in [1.29, 1.82) is 0 Å². The number of hydrogen-bond donors (Lipinski definition) is 1. The summed E-state index contributed by atoms with van der Waals surface area (Å²) in [5, 5.41) is 9.87. The summed E-state index contributed by atoms with van der Waals surface area (Å²) in [5.74, 6) is 0.537. The maximum Gasteiger partial charge on any atom is 0.330 e. The molecular weight excluding hydrogens is 308 g/mol. The second kappa shape index (κ2) is 10.6. The normalized spacial score (nSPS) is 12.2. The van der Waals surface area contributed by atoms with Gasteiger partial charge in [-0.3, -0.25) is 0 Å². The molecular formula is C19H28O5.